The highest BCUT2D eigenvalue weighted by Gasteiger charge is 2.18. The summed E-state index contributed by atoms with van der Waals surface area (Å²) in [5.74, 6) is 0.480. The van der Waals surface area contributed by atoms with Crippen LogP contribution in [-0.4, -0.2) is 9.97 Å². The molecule has 0 amide bonds. The maximum Gasteiger partial charge on any atom is 0.260 e. The van der Waals surface area contributed by atoms with Gasteiger partial charge in [-0.2, -0.15) is 0 Å². The Kier molecular flexibility index (Phi) is 4.35. The van der Waals surface area contributed by atoms with Crippen LogP contribution in [0.25, 0.3) is 32.7 Å². The normalized spacial score (nSPS) is 11.2. The molecule has 3 nitrogen and oxygen atoms in total. The average molecular weight is 401 g/mol. The number of benzene rings is 2. The summed E-state index contributed by atoms with van der Waals surface area (Å²) in [6.07, 6.45) is 0. The van der Waals surface area contributed by atoms with E-state index in [1.54, 1.807) is 6.07 Å². The topological polar surface area (TPSA) is 45.8 Å². The number of halogens is 2. The Labute approximate surface area is 164 Å². The highest BCUT2D eigenvalue weighted by Crippen LogP contribution is 2.37. The van der Waals surface area contributed by atoms with E-state index in [1.807, 2.05) is 50.2 Å². The van der Waals surface area contributed by atoms with E-state index in [0.29, 0.717) is 31.6 Å². The first-order valence-electron chi connectivity index (χ1n) is 8.00. The van der Waals surface area contributed by atoms with Crippen molar-refractivity contribution in [3.8, 4) is 22.5 Å². The van der Waals surface area contributed by atoms with Gasteiger partial charge < -0.3 is 4.98 Å². The third kappa shape index (κ3) is 2.84. The number of aromatic amines is 1. The summed E-state index contributed by atoms with van der Waals surface area (Å²) in [5, 5.41) is 1.86. The van der Waals surface area contributed by atoms with Crippen molar-refractivity contribution in [1.82, 2.24) is 9.97 Å². The fourth-order valence-electron chi connectivity index (χ4n) is 3.05. The van der Waals surface area contributed by atoms with Gasteiger partial charge in [-0.15, -0.1) is 11.3 Å². The lowest BCUT2D eigenvalue weighted by atomic mass is 10.0. The van der Waals surface area contributed by atoms with Gasteiger partial charge in [0, 0.05) is 21.0 Å². The van der Waals surface area contributed by atoms with E-state index in [0.717, 1.165) is 21.6 Å². The minimum absolute atomic E-state index is 0.170. The second-order valence-electron chi connectivity index (χ2n) is 6.07. The second kappa shape index (κ2) is 6.54. The zero-order chi connectivity index (χ0) is 18.4. The van der Waals surface area contributed by atoms with Gasteiger partial charge in [-0.1, -0.05) is 41.4 Å². The number of aryl methyl sites for hydroxylation is 2. The van der Waals surface area contributed by atoms with Crippen molar-refractivity contribution in [2.45, 2.75) is 13.8 Å². The Balaban J connectivity index is 1.98. The Bertz CT molecular complexity index is 1210. The van der Waals surface area contributed by atoms with Crippen molar-refractivity contribution < 1.29 is 0 Å². The maximum absolute atomic E-state index is 12.9. The molecule has 130 valence electrons. The van der Waals surface area contributed by atoms with Crippen molar-refractivity contribution in [1.29, 1.82) is 0 Å². The molecule has 0 spiro atoms. The van der Waals surface area contributed by atoms with Gasteiger partial charge in [0.25, 0.3) is 5.56 Å². The molecule has 4 aromatic rings. The molecule has 0 bridgehead atoms. The maximum atomic E-state index is 12.9. The Morgan fingerprint density at radius 2 is 1.81 bits per heavy atom. The van der Waals surface area contributed by atoms with Crippen LogP contribution in [0.15, 0.2) is 47.3 Å². The van der Waals surface area contributed by atoms with Crippen LogP contribution in [0.4, 0.5) is 0 Å². The molecule has 0 saturated carbocycles. The summed E-state index contributed by atoms with van der Waals surface area (Å²) in [5.41, 5.74) is 3.39. The third-order valence-corrected chi connectivity index (χ3v) is 6.07. The van der Waals surface area contributed by atoms with Gasteiger partial charge in [0.2, 0.25) is 0 Å². The van der Waals surface area contributed by atoms with Crippen molar-refractivity contribution in [3.63, 3.8) is 0 Å². The Morgan fingerprint density at radius 3 is 2.54 bits per heavy atom. The highest BCUT2D eigenvalue weighted by atomic mass is 35.5. The van der Waals surface area contributed by atoms with Crippen molar-refractivity contribution in [3.05, 3.63) is 73.3 Å². The summed E-state index contributed by atoms with van der Waals surface area (Å²) in [6, 6.07) is 13.1. The lowest BCUT2D eigenvalue weighted by Gasteiger charge is -2.06. The predicted octanol–water partition coefficient (Wildman–Crippen LogP) is 6.24. The SMILES string of the molecule is Cc1cc(-c2c(C)sc3nc(-c4ccccc4Cl)[nH]c(=O)c23)ccc1Cl. The molecule has 2 heterocycles. The summed E-state index contributed by atoms with van der Waals surface area (Å²) in [4.78, 5) is 22.2. The molecule has 6 heteroatoms. The molecule has 1 N–H and O–H groups in total. The van der Waals surface area contributed by atoms with E-state index >= 15 is 0 Å². The van der Waals surface area contributed by atoms with Crippen LogP contribution in [0.2, 0.25) is 10.0 Å². The quantitative estimate of drug-likeness (QED) is 0.432. The molecule has 0 radical (unpaired) electrons. The Morgan fingerprint density at radius 1 is 1.04 bits per heavy atom. The average Bonchev–Trinajstić information content (AvgIpc) is 2.94. The molecule has 0 saturated heterocycles. The number of H-pyrrole nitrogens is 1. The van der Waals surface area contributed by atoms with Gasteiger partial charge >= 0.3 is 0 Å². The second-order valence-corrected chi connectivity index (χ2v) is 8.09. The van der Waals surface area contributed by atoms with E-state index in [1.165, 1.54) is 11.3 Å². The first kappa shape index (κ1) is 17.3. The smallest absolute Gasteiger partial charge is 0.260 e. The monoisotopic (exact) mass is 400 g/mol. The molecular weight excluding hydrogens is 387 g/mol. The molecule has 2 aromatic carbocycles. The zero-order valence-corrected chi connectivity index (χ0v) is 16.4. The molecule has 4 rings (SSSR count). The Hall–Kier alpha value is -2.14. The molecule has 0 atom stereocenters. The first-order valence-corrected chi connectivity index (χ1v) is 9.58. The van der Waals surface area contributed by atoms with E-state index in [2.05, 4.69) is 9.97 Å². The number of thiophene rings is 1. The molecule has 0 aliphatic heterocycles. The molecular formula is C20H14Cl2N2OS. The highest BCUT2D eigenvalue weighted by molar-refractivity contribution is 7.19. The summed E-state index contributed by atoms with van der Waals surface area (Å²) in [7, 11) is 0. The van der Waals surface area contributed by atoms with Gasteiger partial charge in [0.1, 0.15) is 10.7 Å². The molecule has 0 fully saturated rings. The summed E-state index contributed by atoms with van der Waals surface area (Å²) >= 11 is 13.9. The minimum Gasteiger partial charge on any atom is -0.306 e. The fourth-order valence-corrected chi connectivity index (χ4v) is 4.44. The number of aromatic nitrogens is 2. The number of hydrogen-bond donors (Lipinski definition) is 1. The van der Waals surface area contributed by atoms with Crippen LogP contribution in [0.1, 0.15) is 10.4 Å². The van der Waals surface area contributed by atoms with Crippen LogP contribution in [-0.2, 0) is 0 Å². The number of rotatable bonds is 2. The molecule has 0 unspecified atom stereocenters. The predicted molar refractivity (Wildman–Crippen MR) is 111 cm³/mol. The largest absolute Gasteiger partial charge is 0.306 e. The van der Waals surface area contributed by atoms with Crippen molar-refractivity contribution in [2.24, 2.45) is 0 Å². The van der Waals surface area contributed by atoms with Gasteiger partial charge in [-0.05, 0) is 49.2 Å². The molecule has 2 aromatic heterocycles. The number of fused-ring (bicyclic) bond motifs is 1. The van der Waals surface area contributed by atoms with Crippen LogP contribution >= 0.6 is 34.5 Å². The molecule has 0 aliphatic rings. The van der Waals surface area contributed by atoms with E-state index in [-0.39, 0.29) is 5.56 Å². The summed E-state index contributed by atoms with van der Waals surface area (Å²) in [6.45, 7) is 3.95. The van der Waals surface area contributed by atoms with Crippen LogP contribution in [0.5, 0.6) is 0 Å². The molecule has 26 heavy (non-hydrogen) atoms. The standard InChI is InChI=1S/C20H14Cl2N2OS/c1-10-9-12(7-8-14(10)21)16-11(2)26-20-17(16)19(25)23-18(24-20)13-5-3-4-6-15(13)22/h3-9H,1-2H3,(H,23,24,25). The minimum atomic E-state index is -0.170. The van der Waals surface area contributed by atoms with E-state index < -0.39 is 0 Å². The van der Waals surface area contributed by atoms with Crippen LogP contribution in [0.3, 0.4) is 0 Å². The van der Waals surface area contributed by atoms with Gasteiger partial charge in [0.15, 0.2) is 0 Å². The van der Waals surface area contributed by atoms with Crippen molar-refractivity contribution in [2.75, 3.05) is 0 Å². The summed E-state index contributed by atoms with van der Waals surface area (Å²) < 4.78 is 0. The third-order valence-electron chi connectivity index (χ3n) is 4.31. The van der Waals surface area contributed by atoms with Crippen LogP contribution in [0, 0.1) is 13.8 Å². The molecule has 0 aliphatic carbocycles. The van der Waals surface area contributed by atoms with Crippen molar-refractivity contribution >= 4 is 44.8 Å². The van der Waals surface area contributed by atoms with Gasteiger partial charge in [-0.25, -0.2) is 4.98 Å². The lowest BCUT2D eigenvalue weighted by Crippen LogP contribution is -2.09. The fraction of sp³-hybridized carbons (Fsp3) is 0.100. The van der Waals surface area contributed by atoms with Gasteiger partial charge in [0.05, 0.1) is 10.4 Å². The number of hydrogen-bond acceptors (Lipinski definition) is 3. The van der Waals surface area contributed by atoms with E-state index in [4.69, 9.17) is 23.2 Å². The first-order chi connectivity index (χ1) is 12.5. The number of nitrogens with zero attached hydrogens (tertiary/aromatic N) is 1. The number of nitrogens with one attached hydrogen (secondary N) is 1. The van der Waals surface area contributed by atoms with E-state index in [9.17, 15) is 4.79 Å². The van der Waals surface area contributed by atoms with Crippen LogP contribution < -0.4 is 5.56 Å². The zero-order valence-electron chi connectivity index (χ0n) is 14.1. The van der Waals surface area contributed by atoms with Gasteiger partial charge in [-0.3, -0.25) is 4.79 Å². The lowest BCUT2D eigenvalue weighted by molar-refractivity contribution is 1.19.